The van der Waals surface area contributed by atoms with Crippen LogP contribution >= 0.6 is 0 Å². The highest BCUT2D eigenvalue weighted by Crippen LogP contribution is 2.48. The molecule has 0 fully saturated rings. The van der Waals surface area contributed by atoms with Crippen LogP contribution in [-0.4, -0.2) is 0 Å². The van der Waals surface area contributed by atoms with Crippen molar-refractivity contribution in [3.05, 3.63) is 206 Å². The molecule has 0 nitrogen and oxygen atoms in total. The van der Waals surface area contributed by atoms with Gasteiger partial charge in [-0.25, -0.2) is 0 Å². The second kappa shape index (κ2) is 12.5. The van der Waals surface area contributed by atoms with Gasteiger partial charge >= 0.3 is 0 Å². The molecule has 0 heteroatoms. The van der Waals surface area contributed by atoms with E-state index in [1.54, 1.807) is 0 Å². The van der Waals surface area contributed by atoms with Crippen LogP contribution in [0.3, 0.4) is 0 Å². The minimum atomic E-state index is 1.22. The molecule has 0 aromatic heterocycles. The van der Waals surface area contributed by atoms with Gasteiger partial charge in [-0.1, -0.05) is 194 Å². The van der Waals surface area contributed by atoms with Crippen molar-refractivity contribution < 1.29 is 0 Å². The van der Waals surface area contributed by atoms with E-state index in [-0.39, 0.29) is 0 Å². The lowest BCUT2D eigenvalue weighted by molar-refractivity contribution is 1.60. The quantitative estimate of drug-likeness (QED) is 0.156. The van der Waals surface area contributed by atoms with Gasteiger partial charge in [-0.15, -0.1) is 0 Å². The van der Waals surface area contributed by atoms with Crippen molar-refractivity contribution >= 4 is 32.3 Å². The molecule has 0 aliphatic carbocycles. The normalized spacial score (nSPS) is 11.5. The van der Waals surface area contributed by atoms with Crippen LogP contribution in [-0.2, 0) is 0 Å². The number of hydrogen-bond acceptors (Lipinski definition) is 0. The van der Waals surface area contributed by atoms with E-state index in [1.807, 2.05) is 0 Å². The first-order valence-electron chi connectivity index (χ1n) is 18.0. The van der Waals surface area contributed by atoms with E-state index >= 15 is 0 Å². The smallest absolute Gasteiger partial charge is 0.00139 e. The van der Waals surface area contributed by atoms with Crippen LogP contribution in [0.1, 0.15) is 0 Å². The average molecular weight is 659 g/mol. The molecule has 0 radical (unpaired) electrons. The van der Waals surface area contributed by atoms with Gasteiger partial charge in [0.1, 0.15) is 0 Å². The molecule has 0 unspecified atom stereocenters. The second-order valence-electron chi connectivity index (χ2n) is 13.6. The third-order valence-corrected chi connectivity index (χ3v) is 10.7. The largest absolute Gasteiger partial charge is 0.0622 e. The average Bonchev–Trinajstić information content (AvgIpc) is 3.24. The minimum Gasteiger partial charge on any atom is -0.0622 e. The van der Waals surface area contributed by atoms with Gasteiger partial charge in [0.2, 0.25) is 0 Å². The van der Waals surface area contributed by atoms with Crippen LogP contribution in [0.2, 0.25) is 0 Å². The summed E-state index contributed by atoms with van der Waals surface area (Å²) in [5, 5.41) is 7.74. The fraction of sp³-hybridized carbons (Fsp3) is 0. The maximum atomic E-state index is 2.41. The molecular formula is C52H34. The first-order valence-corrected chi connectivity index (χ1v) is 18.0. The zero-order chi connectivity index (χ0) is 34.4. The Kier molecular flexibility index (Phi) is 7.25. The highest BCUT2D eigenvalue weighted by Gasteiger charge is 2.21. The van der Waals surface area contributed by atoms with Crippen molar-refractivity contribution in [1.82, 2.24) is 0 Å². The molecule has 0 saturated carbocycles. The maximum absolute atomic E-state index is 2.41. The maximum Gasteiger partial charge on any atom is -0.00139 e. The van der Waals surface area contributed by atoms with Crippen molar-refractivity contribution in [3.63, 3.8) is 0 Å². The molecule has 242 valence electrons. The standard InChI is InChI=1S/C52H34/c1-5-13-35(14-6-1)37-21-25-41(26-22-37)49-33-47(39-17-9-3-10-18-39)43-30-32-46-50(42-27-23-38(24-28-42)36-15-7-2-8-16-36)34-48(40-19-11-4-12-20-40)44-29-31-45(49)51(43)52(44)46/h1-34H. The van der Waals surface area contributed by atoms with Gasteiger partial charge in [0.05, 0.1) is 0 Å². The summed E-state index contributed by atoms with van der Waals surface area (Å²) >= 11 is 0. The lowest BCUT2D eigenvalue weighted by Gasteiger charge is -2.21. The predicted octanol–water partition coefficient (Wildman–Crippen LogP) is 14.6. The minimum absolute atomic E-state index is 1.22. The molecule has 10 aromatic rings. The SMILES string of the molecule is c1ccc(-c2ccc(-c3cc(-c4ccccc4)c4ccc5c(-c6ccc(-c7ccccc7)cc6)cc(-c6ccccc6)c6ccc3c4c65)cc2)cc1. The summed E-state index contributed by atoms with van der Waals surface area (Å²) in [6.07, 6.45) is 0. The molecule has 10 rings (SSSR count). The van der Waals surface area contributed by atoms with E-state index in [9.17, 15) is 0 Å². The molecule has 0 saturated heterocycles. The Morgan fingerprint density at radius 2 is 0.385 bits per heavy atom. The van der Waals surface area contributed by atoms with E-state index in [0.29, 0.717) is 0 Å². The molecule has 0 spiro atoms. The van der Waals surface area contributed by atoms with E-state index < -0.39 is 0 Å². The summed E-state index contributed by atoms with van der Waals surface area (Å²) in [6.45, 7) is 0. The van der Waals surface area contributed by atoms with Gasteiger partial charge in [-0.05, 0) is 111 Å². The number of rotatable bonds is 6. The molecular weight excluding hydrogens is 625 g/mol. The third kappa shape index (κ3) is 5.08. The molecule has 0 bridgehead atoms. The summed E-state index contributed by atoms with van der Waals surface area (Å²) in [4.78, 5) is 0. The lowest BCUT2D eigenvalue weighted by Crippen LogP contribution is -1.94. The van der Waals surface area contributed by atoms with E-state index in [2.05, 4.69) is 206 Å². The van der Waals surface area contributed by atoms with Crippen LogP contribution in [0.4, 0.5) is 0 Å². The molecule has 0 heterocycles. The zero-order valence-corrected chi connectivity index (χ0v) is 28.6. The molecule has 0 aliphatic heterocycles. The number of hydrogen-bond donors (Lipinski definition) is 0. The van der Waals surface area contributed by atoms with Crippen LogP contribution in [0.15, 0.2) is 206 Å². The predicted molar refractivity (Wildman–Crippen MR) is 223 cm³/mol. The Labute approximate surface area is 304 Å². The summed E-state index contributed by atoms with van der Waals surface area (Å²) in [7, 11) is 0. The Morgan fingerprint density at radius 1 is 0.173 bits per heavy atom. The van der Waals surface area contributed by atoms with E-state index in [1.165, 1.54) is 99.1 Å². The van der Waals surface area contributed by atoms with E-state index in [4.69, 9.17) is 0 Å². The van der Waals surface area contributed by atoms with Crippen LogP contribution in [0.25, 0.3) is 99.1 Å². The summed E-state index contributed by atoms with van der Waals surface area (Å²) in [6, 6.07) is 75.5. The van der Waals surface area contributed by atoms with Gasteiger partial charge in [-0.3, -0.25) is 0 Å². The number of benzene rings is 10. The fourth-order valence-electron chi connectivity index (χ4n) is 8.13. The Hall–Kier alpha value is -6.76. The van der Waals surface area contributed by atoms with Crippen molar-refractivity contribution in [1.29, 1.82) is 0 Å². The second-order valence-corrected chi connectivity index (χ2v) is 13.6. The van der Waals surface area contributed by atoms with Gasteiger partial charge in [0.15, 0.2) is 0 Å². The Morgan fingerprint density at radius 3 is 0.673 bits per heavy atom. The van der Waals surface area contributed by atoms with Crippen LogP contribution < -0.4 is 0 Å². The van der Waals surface area contributed by atoms with Crippen molar-refractivity contribution in [2.75, 3.05) is 0 Å². The first-order chi connectivity index (χ1) is 25.8. The Bertz CT molecular complexity index is 2620. The van der Waals surface area contributed by atoms with Crippen molar-refractivity contribution in [2.45, 2.75) is 0 Å². The summed E-state index contributed by atoms with van der Waals surface area (Å²) in [5.41, 5.74) is 14.8. The molecule has 0 N–H and O–H groups in total. The Balaban J connectivity index is 1.27. The topological polar surface area (TPSA) is 0 Å². The molecule has 52 heavy (non-hydrogen) atoms. The highest BCUT2D eigenvalue weighted by molar-refractivity contribution is 6.32. The first kappa shape index (κ1) is 30.1. The molecule has 0 aliphatic rings. The van der Waals surface area contributed by atoms with Gasteiger partial charge < -0.3 is 0 Å². The van der Waals surface area contributed by atoms with Gasteiger partial charge in [-0.2, -0.15) is 0 Å². The zero-order valence-electron chi connectivity index (χ0n) is 28.6. The monoisotopic (exact) mass is 658 g/mol. The fourth-order valence-corrected chi connectivity index (χ4v) is 8.13. The molecule has 0 atom stereocenters. The van der Waals surface area contributed by atoms with Crippen molar-refractivity contribution in [2.24, 2.45) is 0 Å². The molecule has 0 amide bonds. The summed E-state index contributed by atoms with van der Waals surface area (Å²) < 4.78 is 0. The van der Waals surface area contributed by atoms with E-state index in [0.717, 1.165) is 0 Å². The van der Waals surface area contributed by atoms with Crippen LogP contribution in [0, 0.1) is 0 Å². The third-order valence-electron chi connectivity index (χ3n) is 10.7. The summed E-state index contributed by atoms with van der Waals surface area (Å²) in [5.74, 6) is 0. The van der Waals surface area contributed by atoms with Gasteiger partial charge in [0, 0.05) is 0 Å². The lowest BCUT2D eigenvalue weighted by atomic mass is 9.82. The molecule has 10 aromatic carbocycles. The van der Waals surface area contributed by atoms with Crippen LogP contribution in [0.5, 0.6) is 0 Å². The van der Waals surface area contributed by atoms with Gasteiger partial charge in [0.25, 0.3) is 0 Å². The van der Waals surface area contributed by atoms with Crippen molar-refractivity contribution in [3.8, 4) is 66.8 Å². The highest BCUT2D eigenvalue weighted by atomic mass is 14.2.